The van der Waals surface area contributed by atoms with Gasteiger partial charge in [0, 0.05) is 31.4 Å². The van der Waals surface area contributed by atoms with Gasteiger partial charge in [-0.15, -0.1) is 0 Å². The van der Waals surface area contributed by atoms with E-state index in [0.29, 0.717) is 18.8 Å². The highest BCUT2D eigenvalue weighted by Crippen LogP contribution is 2.33. The van der Waals surface area contributed by atoms with Crippen LogP contribution in [0.4, 0.5) is 0 Å². The molecule has 6 nitrogen and oxygen atoms in total. The second-order valence-corrected chi connectivity index (χ2v) is 4.31. The van der Waals surface area contributed by atoms with Crippen molar-refractivity contribution in [3.05, 3.63) is 42.0 Å². The van der Waals surface area contributed by atoms with Gasteiger partial charge in [0.2, 0.25) is 0 Å². The molecule has 0 unspecified atom stereocenters. The fourth-order valence-electron chi connectivity index (χ4n) is 1.99. The number of ether oxygens (including phenoxy) is 3. The first-order valence-corrected chi connectivity index (χ1v) is 6.53. The van der Waals surface area contributed by atoms with Crippen LogP contribution in [0.25, 0.3) is 0 Å². The molecule has 0 aliphatic rings. The first-order valence-electron chi connectivity index (χ1n) is 6.53. The number of benzene rings is 1. The number of methoxy groups -OCH3 is 3. The molecule has 0 aliphatic carbocycles. The fraction of sp³-hybridized carbons (Fsp3) is 0.333. The van der Waals surface area contributed by atoms with Gasteiger partial charge in [-0.3, -0.25) is 0 Å². The molecule has 1 N–H and O–H groups in total. The highest BCUT2D eigenvalue weighted by Gasteiger charge is 2.12. The molecule has 0 radical (unpaired) electrons. The van der Waals surface area contributed by atoms with Gasteiger partial charge in [-0.05, 0) is 6.07 Å². The van der Waals surface area contributed by atoms with Gasteiger partial charge in [0.15, 0.2) is 0 Å². The molecule has 0 aliphatic heterocycles. The van der Waals surface area contributed by atoms with E-state index in [2.05, 4.69) is 15.3 Å². The van der Waals surface area contributed by atoms with Crippen LogP contribution in [0.15, 0.2) is 30.7 Å². The Kier molecular flexibility index (Phi) is 5.34. The van der Waals surface area contributed by atoms with Crippen LogP contribution in [0.5, 0.6) is 17.2 Å². The van der Waals surface area contributed by atoms with Crippen molar-refractivity contribution in [2.75, 3.05) is 21.3 Å². The average molecular weight is 289 g/mol. The highest BCUT2D eigenvalue weighted by atomic mass is 16.5. The van der Waals surface area contributed by atoms with Gasteiger partial charge >= 0.3 is 0 Å². The summed E-state index contributed by atoms with van der Waals surface area (Å²) in [5.74, 6) is 2.14. The minimum atomic E-state index is 0.598. The number of hydrogen-bond donors (Lipinski definition) is 1. The molecule has 1 aromatic heterocycles. The molecule has 1 aromatic carbocycles. The van der Waals surface area contributed by atoms with Crippen LogP contribution < -0.4 is 19.5 Å². The molecule has 1 heterocycles. The van der Waals surface area contributed by atoms with Crippen LogP contribution in [0.1, 0.15) is 11.3 Å². The molecule has 21 heavy (non-hydrogen) atoms. The average Bonchev–Trinajstić information content (AvgIpc) is 2.55. The second-order valence-electron chi connectivity index (χ2n) is 4.31. The molecular formula is C15H19N3O3. The van der Waals surface area contributed by atoms with Gasteiger partial charge in [0.05, 0.1) is 32.6 Å². The Balaban J connectivity index is 2.11. The van der Waals surface area contributed by atoms with Crippen molar-refractivity contribution in [2.45, 2.75) is 13.1 Å². The topological polar surface area (TPSA) is 65.5 Å². The lowest BCUT2D eigenvalue weighted by Gasteiger charge is -2.15. The predicted molar refractivity (Wildman–Crippen MR) is 78.7 cm³/mol. The van der Waals surface area contributed by atoms with Crippen LogP contribution in [0, 0.1) is 0 Å². The molecule has 0 spiro atoms. The maximum Gasteiger partial charge on any atom is 0.130 e. The minimum absolute atomic E-state index is 0.598. The standard InChI is InChI=1S/C15H19N3O3/c1-19-12-6-14(20-2)13(15(7-12)21-3)9-17-8-11-4-5-16-10-18-11/h4-7,10,17H,8-9H2,1-3H3. The molecule has 0 saturated heterocycles. The number of aromatic nitrogens is 2. The largest absolute Gasteiger partial charge is 0.496 e. The summed E-state index contributed by atoms with van der Waals surface area (Å²) < 4.78 is 16.0. The van der Waals surface area contributed by atoms with E-state index in [1.165, 1.54) is 6.33 Å². The van der Waals surface area contributed by atoms with Gasteiger partial charge in [0.25, 0.3) is 0 Å². The van der Waals surface area contributed by atoms with E-state index < -0.39 is 0 Å². The monoisotopic (exact) mass is 289 g/mol. The number of nitrogens with zero attached hydrogens (tertiary/aromatic N) is 2. The lowest BCUT2D eigenvalue weighted by Crippen LogP contribution is -2.15. The Morgan fingerprint density at radius 1 is 1.00 bits per heavy atom. The summed E-state index contributed by atoms with van der Waals surface area (Å²) in [5, 5.41) is 3.31. The first-order chi connectivity index (χ1) is 10.3. The Labute approximate surface area is 124 Å². The van der Waals surface area contributed by atoms with E-state index in [9.17, 15) is 0 Å². The van der Waals surface area contributed by atoms with E-state index in [0.717, 1.165) is 22.8 Å². The summed E-state index contributed by atoms with van der Waals surface area (Å²) in [4.78, 5) is 8.06. The first kappa shape index (κ1) is 15.1. The summed E-state index contributed by atoms with van der Waals surface area (Å²) in [5.41, 5.74) is 1.87. The molecular weight excluding hydrogens is 270 g/mol. The summed E-state index contributed by atoms with van der Waals surface area (Å²) >= 11 is 0. The zero-order chi connectivity index (χ0) is 15.1. The van der Waals surface area contributed by atoms with E-state index in [-0.39, 0.29) is 0 Å². The zero-order valence-electron chi connectivity index (χ0n) is 12.4. The van der Waals surface area contributed by atoms with Gasteiger partial charge in [-0.1, -0.05) is 0 Å². The van der Waals surface area contributed by atoms with Crippen molar-refractivity contribution in [3.8, 4) is 17.2 Å². The summed E-state index contributed by atoms with van der Waals surface area (Å²) in [6.45, 7) is 1.24. The molecule has 6 heteroatoms. The summed E-state index contributed by atoms with van der Waals surface area (Å²) in [6.07, 6.45) is 3.25. The van der Waals surface area contributed by atoms with Crippen molar-refractivity contribution < 1.29 is 14.2 Å². The van der Waals surface area contributed by atoms with Gasteiger partial charge in [-0.2, -0.15) is 0 Å². The quantitative estimate of drug-likeness (QED) is 0.838. The number of nitrogens with one attached hydrogen (secondary N) is 1. The third kappa shape index (κ3) is 3.82. The number of rotatable bonds is 7. The van der Waals surface area contributed by atoms with Gasteiger partial charge in [-0.25, -0.2) is 9.97 Å². The van der Waals surface area contributed by atoms with Crippen LogP contribution in [0.2, 0.25) is 0 Å². The minimum Gasteiger partial charge on any atom is -0.496 e. The van der Waals surface area contributed by atoms with E-state index in [4.69, 9.17) is 14.2 Å². The molecule has 0 amide bonds. The van der Waals surface area contributed by atoms with Crippen molar-refractivity contribution in [3.63, 3.8) is 0 Å². The normalized spacial score (nSPS) is 10.2. The molecule has 112 valence electrons. The molecule has 0 bridgehead atoms. The Morgan fingerprint density at radius 3 is 2.24 bits per heavy atom. The summed E-state index contributed by atoms with van der Waals surface area (Å²) in [6, 6.07) is 5.55. The molecule has 0 saturated carbocycles. The molecule has 2 aromatic rings. The second kappa shape index (κ2) is 7.44. The summed E-state index contributed by atoms with van der Waals surface area (Å²) in [7, 11) is 4.87. The zero-order valence-corrected chi connectivity index (χ0v) is 12.4. The predicted octanol–water partition coefficient (Wildman–Crippen LogP) is 1.79. The third-order valence-corrected chi connectivity index (χ3v) is 3.07. The maximum atomic E-state index is 5.41. The van der Waals surface area contributed by atoms with Crippen LogP contribution in [-0.2, 0) is 13.1 Å². The Morgan fingerprint density at radius 2 is 1.71 bits per heavy atom. The van der Waals surface area contributed by atoms with Gasteiger partial charge < -0.3 is 19.5 Å². The lowest BCUT2D eigenvalue weighted by atomic mass is 10.1. The molecule has 0 fully saturated rings. The van der Waals surface area contributed by atoms with Crippen molar-refractivity contribution in [1.29, 1.82) is 0 Å². The fourth-order valence-corrected chi connectivity index (χ4v) is 1.99. The van der Waals surface area contributed by atoms with E-state index in [1.54, 1.807) is 27.5 Å². The van der Waals surface area contributed by atoms with Crippen molar-refractivity contribution >= 4 is 0 Å². The molecule has 2 rings (SSSR count). The lowest BCUT2D eigenvalue weighted by molar-refractivity contribution is 0.366. The maximum absolute atomic E-state index is 5.41. The third-order valence-electron chi connectivity index (χ3n) is 3.07. The van der Waals surface area contributed by atoms with E-state index >= 15 is 0 Å². The van der Waals surface area contributed by atoms with E-state index in [1.807, 2.05) is 18.2 Å². The Bertz CT molecular complexity index is 551. The van der Waals surface area contributed by atoms with Crippen LogP contribution in [0.3, 0.4) is 0 Å². The highest BCUT2D eigenvalue weighted by molar-refractivity contribution is 5.50. The van der Waals surface area contributed by atoms with Crippen LogP contribution >= 0.6 is 0 Å². The van der Waals surface area contributed by atoms with Crippen molar-refractivity contribution in [2.24, 2.45) is 0 Å². The molecule has 0 atom stereocenters. The van der Waals surface area contributed by atoms with Gasteiger partial charge in [0.1, 0.15) is 23.6 Å². The number of hydrogen-bond acceptors (Lipinski definition) is 6. The SMILES string of the molecule is COc1cc(OC)c(CNCc2ccncn2)c(OC)c1. The van der Waals surface area contributed by atoms with Crippen LogP contribution in [-0.4, -0.2) is 31.3 Å². The van der Waals surface area contributed by atoms with Crippen molar-refractivity contribution in [1.82, 2.24) is 15.3 Å². The smallest absolute Gasteiger partial charge is 0.130 e. The Hall–Kier alpha value is -2.34.